The molecule has 0 bridgehead atoms. The van der Waals surface area contributed by atoms with Gasteiger partial charge in [0.05, 0.1) is 12.7 Å². The molecule has 5 heteroatoms. The molecule has 0 aliphatic carbocycles. The predicted molar refractivity (Wildman–Crippen MR) is 50.0 cm³/mol. The average Bonchev–Trinajstić information content (AvgIpc) is 2.16. The molecule has 0 saturated heterocycles. The Balaban J connectivity index is 2.94. The van der Waals surface area contributed by atoms with Crippen molar-refractivity contribution < 1.29 is 14.3 Å². The van der Waals surface area contributed by atoms with Crippen LogP contribution in [0.4, 0.5) is 4.79 Å². The fourth-order valence-electron chi connectivity index (χ4n) is 1.01. The van der Waals surface area contributed by atoms with Crippen molar-refractivity contribution in [2.24, 2.45) is 5.73 Å². The lowest BCUT2D eigenvalue weighted by Crippen LogP contribution is -2.35. The van der Waals surface area contributed by atoms with Crippen molar-refractivity contribution in [3.05, 3.63) is 29.8 Å². The number of carbonyl (C=O) groups is 2. The minimum Gasteiger partial charge on any atom is -0.496 e. The average molecular weight is 194 g/mol. The number of amides is 3. The standard InChI is InChI=1S/C9H10N2O3/c1-14-7-5-3-2-4-6(7)8(12)11-9(10)13/h2-5H,1H3,(H3,10,11,12,13). The Morgan fingerprint density at radius 2 is 2.00 bits per heavy atom. The number of para-hydroxylation sites is 1. The first-order valence-corrected chi connectivity index (χ1v) is 3.89. The van der Waals surface area contributed by atoms with E-state index >= 15 is 0 Å². The van der Waals surface area contributed by atoms with Gasteiger partial charge in [0.2, 0.25) is 0 Å². The van der Waals surface area contributed by atoms with Gasteiger partial charge < -0.3 is 10.5 Å². The molecular weight excluding hydrogens is 184 g/mol. The van der Waals surface area contributed by atoms with Crippen LogP contribution in [0.1, 0.15) is 10.4 Å². The quantitative estimate of drug-likeness (QED) is 0.719. The molecule has 74 valence electrons. The van der Waals surface area contributed by atoms with Crippen LogP contribution < -0.4 is 15.8 Å². The number of nitrogens with two attached hydrogens (primary N) is 1. The van der Waals surface area contributed by atoms with Crippen molar-refractivity contribution in [1.82, 2.24) is 5.32 Å². The maximum absolute atomic E-state index is 11.3. The van der Waals surface area contributed by atoms with E-state index in [1.807, 2.05) is 5.32 Å². The third-order valence-electron chi connectivity index (χ3n) is 1.59. The van der Waals surface area contributed by atoms with Gasteiger partial charge in [0.15, 0.2) is 0 Å². The number of nitrogens with one attached hydrogen (secondary N) is 1. The van der Waals surface area contributed by atoms with Crippen LogP contribution in [0.2, 0.25) is 0 Å². The van der Waals surface area contributed by atoms with Crippen LogP contribution in [-0.4, -0.2) is 19.0 Å². The molecule has 1 aromatic carbocycles. The van der Waals surface area contributed by atoms with Crippen molar-refractivity contribution >= 4 is 11.9 Å². The van der Waals surface area contributed by atoms with Gasteiger partial charge in [0.1, 0.15) is 5.75 Å². The van der Waals surface area contributed by atoms with E-state index in [9.17, 15) is 9.59 Å². The minimum atomic E-state index is -0.888. The Kier molecular flexibility index (Phi) is 3.06. The van der Waals surface area contributed by atoms with Crippen LogP contribution >= 0.6 is 0 Å². The summed E-state index contributed by atoms with van der Waals surface area (Å²) in [5.41, 5.74) is 5.08. The highest BCUT2D eigenvalue weighted by Crippen LogP contribution is 2.16. The zero-order valence-electron chi connectivity index (χ0n) is 7.61. The molecule has 0 aromatic heterocycles. The molecule has 1 aromatic rings. The van der Waals surface area contributed by atoms with Crippen molar-refractivity contribution in [3.8, 4) is 5.75 Å². The molecule has 14 heavy (non-hydrogen) atoms. The van der Waals surface area contributed by atoms with Gasteiger partial charge in [-0.05, 0) is 12.1 Å². The lowest BCUT2D eigenvalue weighted by molar-refractivity contribution is 0.0963. The summed E-state index contributed by atoms with van der Waals surface area (Å²) in [5, 5.41) is 1.95. The molecule has 0 aliphatic rings. The summed E-state index contributed by atoms with van der Waals surface area (Å²) in [5.74, 6) is -0.179. The number of benzene rings is 1. The van der Waals surface area contributed by atoms with E-state index in [0.29, 0.717) is 5.75 Å². The van der Waals surface area contributed by atoms with Gasteiger partial charge in [0, 0.05) is 0 Å². The smallest absolute Gasteiger partial charge is 0.319 e. The summed E-state index contributed by atoms with van der Waals surface area (Å²) in [4.78, 5) is 21.8. The summed E-state index contributed by atoms with van der Waals surface area (Å²) >= 11 is 0. The number of ether oxygens (including phenoxy) is 1. The van der Waals surface area contributed by atoms with Crippen molar-refractivity contribution in [2.75, 3.05) is 7.11 Å². The Bertz CT molecular complexity index is 363. The number of imide groups is 1. The molecule has 0 unspecified atom stereocenters. The number of urea groups is 1. The summed E-state index contributed by atoms with van der Waals surface area (Å²) < 4.78 is 4.94. The topological polar surface area (TPSA) is 81.4 Å². The number of rotatable bonds is 2. The van der Waals surface area contributed by atoms with Crippen LogP contribution in [0.25, 0.3) is 0 Å². The normalized spacial score (nSPS) is 9.21. The number of carbonyl (C=O) groups excluding carboxylic acids is 2. The number of methoxy groups -OCH3 is 1. The van der Waals surface area contributed by atoms with Crippen LogP contribution in [0.5, 0.6) is 5.75 Å². The Hall–Kier alpha value is -2.04. The number of hydrogen-bond donors (Lipinski definition) is 2. The van der Waals surface area contributed by atoms with Gasteiger partial charge in [-0.25, -0.2) is 4.79 Å². The van der Waals surface area contributed by atoms with Gasteiger partial charge in [-0.2, -0.15) is 0 Å². The highest BCUT2D eigenvalue weighted by Gasteiger charge is 2.12. The largest absolute Gasteiger partial charge is 0.496 e. The second-order valence-corrected chi connectivity index (χ2v) is 2.52. The summed E-state index contributed by atoms with van der Waals surface area (Å²) in [6, 6.07) is 5.66. The third kappa shape index (κ3) is 2.22. The van der Waals surface area contributed by atoms with E-state index < -0.39 is 11.9 Å². The molecule has 0 saturated carbocycles. The van der Waals surface area contributed by atoms with E-state index in [2.05, 4.69) is 0 Å². The molecule has 0 radical (unpaired) electrons. The maximum Gasteiger partial charge on any atom is 0.319 e. The van der Waals surface area contributed by atoms with E-state index in [0.717, 1.165) is 0 Å². The summed E-state index contributed by atoms with van der Waals surface area (Å²) in [6.07, 6.45) is 0. The Morgan fingerprint density at radius 3 is 2.57 bits per heavy atom. The fraction of sp³-hybridized carbons (Fsp3) is 0.111. The van der Waals surface area contributed by atoms with Gasteiger partial charge >= 0.3 is 6.03 Å². The Morgan fingerprint density at radius 1 is 1.36 bits per heavy atom. The lowest BCUT2D eigenvalue weighted by atomic mass is 10.2. The monoisotopic (exact) mass is 194 g/mol. The minimum absolute atomic E-state index is 0.272. The highest BCUT2D eigenvalue weighted by atomic mass is 16.5. The van der Waals surface area contributed by atoms with E-state index in [4.69, 9.17) is 10.5 Å². The van der Waals surface area contributed by atoms with Gasteiger partial charge in [-0.15, -0.1) is 0 Å². The van der Waals surface area contributed by atoms with Gasteiger partial charge in [-0.3, -0.25) is 10.1 Å². The molecule has 0 heterocycles. The lowest BCUT2D eigenvalue weighted by Gasteiger charge is -2.06. The molecule has 5 nitrogen and oxygen atoms in total. The first kappa shape index (κ1) is 10.0. The van der Waals surface area contributed by atoms with Crippen LogP contribution in [-0.2, 0) is 0 Å². The molecule has 0 fully saturated rings. The molecule has 3 N–H and O–H groups in total. The van der Waals surface area contributed by atoms with Crippen molar-refractivity contribution in [2.45, 2.75) is 0 Å². The zero-order chi connectivity index (χ0) is 10.6. The Labute approximate surface area is 80.9 Å². The maximum atomic E-state index is 11.3. The molecular formula is C9H10N2O3. The SMILES string of the molecule is COc1ccccc1C(=O)NC(N)=O. The second kappa shape index (κ2) is 4.27. The molecule has 1 rings (SSSR count). The molecule has 3 amide bonds. The van der Waals surface area contributed by atoms with Crippen LogP contribution in [0.3, 0.4) is 0 Å². The molecule has 0 atom stereocenters. The van der Waals surface area contributed by atoms with E-state index in [1.54, 1.807) is 18.2 Å². The first-order chi connectivity index (χ1) is 6.65. The highest BCUT2D eigenvalue weighted by molar-refractivity contribution is 6.05. The predicted octanol–water partition coefficient (Wildman–Crippen LogP) is 0.504. The van der Waals surface area contributed by atoms with Crippen molar-refractivity contribution in [3.63, 3.8) is 0 Å². The van der Waals surface area contributed by atoms with Gasteiger partial charge in [-0.1, -0.05) is 12.1 Å². The summed E-state index contributed by atoms with van der Waals surface area (Å²) in [7, 11) is 1.44. The second-order valence-electron chi connectivity index (χ2n) is 2.52. The first-order valence-electron chi connectivity index (χ1n) is 3.89. The number of hydrogen-bond acceptors (Lipinski definition) is 3. The molecule has 0 spiro atoms. The third-order valence-corrected chi connectivity index (χ3v) is 1.59. The van der Waals surface area contributed by atoms with Crippen LogP contribution in [0, 0.1) is 0 Å². The molecule has 0 aliphatic heterocycles. The summed E-state index contributed by atoms with van der Waals surface area (Å²) in [6.45, 7) is 0. The van der Waals surface area contributed by atoms with Crippen LogP contribution in [0.15, 0.2) is 24.3 Å². The number of primary amides is 1. The fourth-order valence-corrected chi connectivity index (χ4v) is 1.01. The van der Waals surface area contributed by atoms with Gasteiger partial charge in [0.25, 0.3) is 5.91 Å². The van der Waals surface area contributed by atoms with E-state index in [1.165, 1.54) is 13.2 Å². The zero-order valence-corrected chi connectivity index (χ0v) is 7.61. The van der Waals surface area contributed by atoms with E-state index in [-0.39, 0.29) is 5.56 Å². The van der Waals surface area contributed by atoms with Crippen molar-refractivity contribution in [1.29, 1.82) is 0 Å².